The third-order valence-electron chi connectivity index (χ3n) is 3.39. The van der Waals surface area contributed by atoms with E-state index in [0.29, 0.717) is 5.56 Å². The summed E-state index contributed by atoms with van der Waals surface area (Å²) in [6.07, 6.45) is 1.72. The summed E-state index contributed by atoms with van der Waals surface area (Å²) in [7, 11) is 0. The third-order valence-corrected chi connectivity index (χ3v) is 4.25. The molecule has 0 radical (unpaired) electrons. The van der Waals surface area contributed by atoms with E-state index in [1.165, 1.54) is 0 Å². The van der Waals surface area contributed by atoms with Crippen LogP contribution in [0.25, 0.3) is 10.9 Å². The Morgan fingerprint density at radius 1 is 1.10 bits per heavy atom. The Balaban J connectivity index is 1.99. The molecule has 0 unspecified atom stereocenters. The van der Waals surface area contributed by atoms with Crippen LogP contribution in [0.5, 0.6) is 0 Å². The molecule has 0 atom stereocenters. The molecular formula is C17H13BrN2O. The fourth-order valence-corrected chi connectivity index (χ4v) is 2.61. The van der Waals surface area contributed by atoms with E-state index in [9.17, 15) is 4.79 Å². The van der Waals surface area contributed by atoms with Crippen molar-refractivity contribution in [1.29, 1.82) is 0 Å². The highest BCUT2D eigenvalue weighted by Gasteiger charge is 2.12. The van der Waals surface area contributed by atoms with Crippen LogP contribution in [0.4, 0.5) is 5.69 Å². The number of hydrogen-bond acceptors (Lipinski definition) is 2. The first-order valence-corrected chi connectivity index (χ1v) is 7.36. The summed E-state index contributed by atoms with van der Waals surface area (Å²) >= 11 is 3.45. The summed E-state index contributed by atoms with van der Waals surface area (Å²) in [6.45, 7) is 1.92. The molecule has 3 nitrogen and oxygen atoms in total. The van der Waals surface area contributed by atoms with Gasteiger partial charge in [-0.2, -0.15) is 0 Å². The summed E-state index contributed by atoms with van der Waals surface area (Å²) in [6, 6.07) is 15.2. The quantitative estimate of drug-likeness (QED) is 0.743. The summed E-state index contributed by atoms with van der Waals surface area (Å²) in [5, 5.41) is 3.95. The van der Waals surface area contributed by atoms with Crippen molar-refractivity contribution in [1.82, 2.24) is 4.98 Å². The van der Waals surface area contributed by atoms with Crippen molar-refractivity contribution in [2.45, 2.75) is 6.92 Å². The summed E-state index contributed by atoms with van der Waals surface area (Å²) in [4.78, 5) is 16.8. The van der Waals surface area contributed by atoms with Crippen molar-refractivity contribution in [3.05, 3.63) is 70.3 Å². The van der Waals surface area contributed by atoms with Gasteiger partial charge in [-0.1, -0.05) is 40.2 Å². The Labute approximate surface area is 131 Å². The number of pyridine rings is 1. The molecule has 21 heavy (non-hydrogen) atoms. The third kappa shape index (κ3) is 2.67. The molecule has 4 heteroatoms. The van der Waals surface area contributed by atoms with Crippen LogP contribution in [0, 0.1) is 6.92 Å². The zero-order valence-electron chi connectivity index (χ0n) is 11.4. The molecule has 0 saturated heterocycles. The van der Waals surface area contributed by atoms with Gasteiger partial charge >= 0.3 is 0 Å². The van der Waals surface area contributed by atoms with Gasteiger partial charge in [0.25, 0.3) is 5.91 Å². The van der Waals surface area contributed by atoms with Gasteiger partial charge in [-0.3, -0.25) is 9.78 Å². The summed E-state index contributed by atoms with van der Waals surface area (Å²) in [5.41, 5.74) is 3.08. The Morgan fingerprint density at radius 2 is 1.86 bits per heavy atom. The molecular weight excluding hydrogens is 328 g/mol. The minimum atomic E-state index is -0.132. The first kappa shape index (κ1) is 13.8. The van der Waals surface area contributed by atoms with Crippen molar-refractivity contribution in [2.24, 2.45) is 0 Å². The van der Waals surface area contributed by atoms with Crippen LogP contribution in [0.1, 0.15) is 15.9 Å². The number of aromatic nitrogens is 1. The average Bonchev–Trinajstić information content (AvgIpc) is 2.50. The van der Waals surface area contributed by atoms with Crippen LogP contribution < -0.4 is 5.32 Å². The molecule has 0 spiro atoms. The lowest BCUT2D eigenvalue weighted by atomic mass is 10.1. The highest BCUT2D eigenvalue weighted by Crippen LogP contribution is 2.23. The molecule has 3 rings (SSSR count). The van der Waals surface area contributed by atoms with Crippen LogP contribution in [0.3, 0.4) is 0 Å². The molecule has 1 heterocycles. The minimum absolute atomic E-state index is 0.132. The Kier molecular flexibility index (Phi) is 3.71. The normalized spacial score (nSPS) is 10.6. The van der Waals surface area contributed by atoms with Gasteiger partial charge < -0.3 is 5.32 Å². The topological polar surface area (TPSA) is 42.0 Å². The van der Waals surface area contributed by atoms with Crippen LogP contribution in [-0.4, -0.2) is 10.9 Å². The van der Waals surface area contributed by atoms with Gasteiger partial charge in [-0.05, 0) is 36.8 Å². The standard InChI is InChI=1S/C17H13BrN2O/c1-11-13(7-3-8-14(11)18)17(21)20-15-9-2-5-12-6-4-10-19-16(12)15/h2-10H,1H3,(H,20,21). The van der Waals surface area contributed by atoms with Crippen molar-refractivity contribution in [3.63, 3.8) is 0 Å². The number of halogens is 1. The number of hydrogen-bond donors (Lipinski definition) is 1. The molecule has 3 aromatic rings. The molecule has 0 aliphatic carbocycles. The number of rotatable bonds is 2. The monoisotopic (exact) mass is 340 g/mol. The zero-order chi connectivity index (χ0) is 14.8. The van der Waals surface area contributed by atoms with E-state index in [0.717, 1.165) is 26.6 Å². The van der Waals surface area contributed by atoms with E-state index < -0.39 is 0 Å². The number of anilines is 1. The average molecular weight is 341 g/mol. The molecule has 0 aliphatic rings. The second-order valence-corrected chi connectivity index (χ2v) is 5.60. The van der Waals surface area contributed by atoms with E-state index in [-0.39, 0.29) is 5.91 Å². The molecule has 0 fully saturated rings. The maximum Gasteiger partial charge on any atom is 0.256 e. The number of carbonyl (C=O) groups excluding carboxylic acids is 1. The van der Waals surface area contributed by atoms with Crippen molar-refractivity contribution in [2.75, 3.05) is 5.32 Å². The van der Waals surface area contributed by atoms with Gasteiger partial charge in [0, 0.05) is 21.6 Å². The first-order valence-electron chi connectivity index (χ1n) is 6.57. The second kappa shape index (κ2) is 5.66. The number of nitrogens with one attached hydrogen (secondary N) is 1. The smallest absolute Gasteiger partial charge is 0.256 e. The lowest BCUT2D eigenvalue weighted by molar-refractivity contribution is 0.102. The van der Waals surface area contributed by atoms with Gasteiger partial charge in [0.1, 0.15) is 0 Å². The number of fused-ring (bicyclic) bond motifs is 1. The van der Waals surface area contributed by atoms with Crippen molar-refractivity contribution in [3.8, 4) is 0 Å². The fraction of sp³-hybridized carbons (Fsp3) is 0.0588. The number of benzene rings is 2. The molecule has 1 aromatic heterocycles. The Hall–Kier alpha value is -2.20. The molecule has 2 aromatic carbocycles. The number of amides is 1. The number of nitrogens with zero attached hydrogens (tertiary/aromatic N) is 1. The van der Waals surface area contributed by atoms with E-state index in [1.807, 2.05) is 55.5 Å². The highest BCUT2D eigenvalue weighted by molar-refractivity contribution is 9.10. The van der Waals surface area contributed by atoms with Gasteiger partial charge in [0.05, 0.1) is 11.2 Å². The molecule has 104 valence electrons. The van der Waals surface area contributed by atoms with E-state index in [2.05, 4.69) is 26.2 Å². The fourth-order valence-electron chi connectivity index (χ4n) is 2.25. The Bertz CT molecular complexity index is 825. The molecule has 1 N–H and O–H groups in total. The molecule has 0 aliphatic heterocycles. The predicted molar refractivity (Wildman–Crippen MR) is 88.6 cm³/mol. The van der Waals surface area contributed by atoms with Gasteiger partial charge in [0.2, 0.25) is 0 Å². The van der Waals surface area contributed by atoms with E-state index >= 15 is 0 Å². The zero-order valence-corrected chi connectivity index (χ0v) is 13.0. The maximum absolute atomic E-state index is 12.5. The van der Waals surface area contributed by atoms with Crippen LogP contribution in [-0.2, 0) is 0 Å². The van der Waals surface area contributed by atoms with E-state index in [1.54, 1.807) is 6.20 Å². The van der Waals surface area contributed by atoms with Gasteiger partial charge in [-0.15, -0.1) is 0 Å². The number of carbonyl (C=O) groups is 1. The maximum atomic E-state index is 12.5. The van der Waals surface area contributed by atoms with Crippen LogP contribution in [0.15, 0.2) is 59.2 Å². The number of para-hydroxylation sites is 1. The summed E-state index contributed by atoms with van der Waals surface area (Å²) < 4.78 is 0.922. The highest BCUT2D eigenvalue weighted by atomic mass is 79.9. The second-order valence-electron chi connectivity index (χ2n) is 4.75. The largest absolute Gasteiger partial charge is 0.320 e. The van der Waals surface area contributed by atoms with Crippen molar-refractivity contribution < 1.29 is 4.79 Å². The summed E-state index contributed by atoms with van der Waals surface area (Å²) in [5.74, 6) is -0.132. The lowest BCUT2D eigenvalue weighted by Crippen LogP contribution is -2.14. The first-order chi connectivity index (χ1) is 10.2. The lowest BCUT2D eigenvalue weighted by Gasteiger charge is -2.10. The molecule has 1 amide bonds. The van der Waals surface area contributed by atoms with Crippen LogP contribution >= 0.6 is 15.9 Å². The van der Waals surface area contributed by atoms with Gasteiger partial charge in [0.15, 0.2) is 0 Å². The molecule has 0 saturated carbocycles. The van der Waals surface area contributed by atoms with Gasteiger partial charge in [-0.25, -0.2) is 0 Å². The minimum Gasteiger partial charge on any atom is -0.320 e. The van der Waals surface area contributed by atoms with E-state index in [4.69, 9.17) is 0 Å². The molecule has 0 bridgehead atoms. The Morgan fingerprint density at radius 3 is 2.71 bits per heavy atom. The van der Waals surface area contributed by atoms with Crippen molar-refractivity contribution >= 4 is 38.4 Å². The van der Waals surface area contributed by atoms with Crippen LogP contribution in [0.2, 0.25) is 0 Å². The predicted octanol–water partition coefficient (Wildman–Crippen LogP) is 4.56. The SMILES string of the molecule is Cc1c(Br)cccc1C(=O)Nc1cccc2cccnc12.